The van der Waals surface area contributed by atoms with Crippen LogP contribution in [-0.2, 0) is 14.8 Å². The number of rotatable bonds is 6. The maximum absolute atomic E-state index is 12.1. The van der Waals surface area contributed by atoms with Gasteiger partial charge in [-0.3, -0.25) is 0 Å². The van der Waals surface area contributed by atoms with Gasteiger partial charge in [0.2, 0.25) is 10.0 Å². The summed E-state index contributed by atoms with van der Waals surface area (Å²) in [5.74, 6) is -0.157. The van der Waals surface area contributed by atoms with Gasteiger partial charge in [-0.1, -0.05) is 6.07 Å². The van der Waals surface area contributed by atoms with Gasteiger partial charge in [-0.05, 0) is 37.0 Å². The second kappa shape index (κ2) is 7.22. The SMILES string of the molecule is COC(=O)c1cccc(S(=O)(=O)NCC(N)C2CC2)c1.Cl. The van der Waals surface area contributed by atoms with Crippen LogP contribution in [0.1, 0.15) is 23.2 Å². The molecular formula is C13H19ClN2O4S. The molecule has 1 saturated carbocycles. The second-order valence-electron chi connectivity index (χ2n) is 4.87. The summed E-state index contributed by atoms with van der Waals surface area (Å²) in [5, 5.41) is 0. The molecule has 1 aliphatic carbocycles. The van der Waals surface area contributed by atoms with E-state index in [1.807, 2.05) is 0 Å². The Kier molecular flexibility index (Phi) is 6.15. The highest BCUT2D eigenvalue weighted by Crippen LogP contribution is 2.31. The normalized spacial score (nSPS) is 15.9. The first-order valence-electron chi connectivity index (χ1n) is 6.37. The number of hydrogen-bond acceptors (Lipinski definition) is 5. The van der Waals surface area contributed by atoms with E-state index >= 15 is 0 Å². The number of esters is 1. The van der Waals surface area contributed by atoms with Crippen LogP contribution >= 0.6 is 12.4 Å². The number of carbonyl (C=O) groups excluding carboxylic acids is 1. The summed E-state index contributed by atoms with van der Waals surface area (Å²) in [6, 6.07) is 5.56. The van der Waals surface area contributed by atoms with Crippen molar-refractivity contribution in [2.45, 2.75) is 23.8 Å². The molecule has 1 aromatic rings. The zero-order valence-electron chi connectivity index (χ0n) is 11.6. The molecule has 118 valence electrons. The number of hydrogen-bond donors (Lipinski definition) is 2. The van der Waals surface area contributed by atoms with Crippen LogP contribution in [0, 0.1) is 5.92 Å². The number of halogens is 1. The minimum Gasteiger partial charge on any atom is -0.465 e. The predicted molar refractivity (Wildman–Crippen MR) is 80.9 cm³/mol. The highest BCUT2D eigenvalue weighted by molar-refractivity contribution is 7.89. The maximum atomic E-state index is 12.1. The van der Waals surface area contributed by atoms with E-state index in [9.17, 15) is 13.2 Å². The fraction of sp³-hybridized carbons (Fsp3) is 0.462. The van der Waals surface area contributed by atoms with Gasteiger partial charge < -0.3 is 10.5 Å². The minimum absolute atomic E-state index is 0. The van der Waals surface area contributed by atoms with Crippen molar-refractivity contribution in [3.8, 4) is 0 Å². The van der Waals surface area contributed by atoms with Crippen molar-refractivity contribution in [2.75, 3.05) is 13.7 Å². The summed E-state index contributed by atoms with van der Waals surface area (Å²) in [4.78, 5) is 11.4. The van der Waals surface area contributed by atoms with Crippen molar-refractivity contribution in [1.82, 2.24) is 4.72 Å². The van der Waals surface area contributed by atoms with Gasteiger partial charge in [0.15, 0.2) is 0 Å². The lowest BCUT2D eigenvalue weighted by atomic mass is 10.2. The molecule has 1 atom stereocenters. The maximum Gasteiger partial charge on any atom is 0.337 e. The third kappa shape index (κ3) is 4.67. The third-order valence-corrected chi connectivity index (χ3v) is 4.72. The molecule has 0 heterocycles. The molecule has 6 nitrogen and oxygen atoms in total. The van der Waals surface area contributed by atoms with Gasteiger partial charge in [0.05, 0.1) is 17.6 Å². The molecule has 0 aromatic heterocycles. The lowest BCUT2D eigenvalue weighted by molar-refractivity contribution is 0.0600. The van der Waals surface area contributed by atoms with Crippen LogP contribution < -0.4 is 10.5 Å². The Bertz CT molecular complexity index is 602. The molecule has 2 rings (SSSR count). The van der Waals surface area contributed by atoms with Crippen molar-refractivity contribution in [2.24, 2.45) is 11.7 Å². The fourth-order valence-corrected chi connectivity index (χ4v) is 3.01. The Morgan fingerprint density at radius 2 is 2.14 bits per heavy atom. The summed E-state index contributed by atoms with van der Waals surface area (Å²) < 4.78 is 31.3. The first-order chi connectivity index (χ1) is 9.44. The molecule has 0 aliphatic heterocycles. The number of sulfonamides is 1. The predicted octanol–water partition coefficient (Wildman–Crippen LogP) is 0.911. The number of benzene rings is 1. The van der Waals surface area contributed by atoms with E-state index in [-0.39, 0.29) is 35.5 Å². The Hall–Kier alpha value is -1.15. The standard InChI is InChI=1S/C13H18N2O4S.ClH/c1-19-13(16)10-3-2-4-11(7-10)20(17,18)15-8-12(14)9-5-6-9;/h2-4,7,9,12,15H,5-6,8,14H2,1H3;1H. The summed E-state index contributed by atoms with van der Waals surface area (Å²) in [7, 11) is -2.42. The molecule has 1 aromatic carbocycles. The Morgan fingerprint density at radius 3 is 2.71 bits per heavy atom. The average molecular weight is 335 g/mol. The Balaban J connectivity index is 0.00000220. The van der Waals surface area contributed by atoms with Crippen LogP contribution in [0.5, 0.6) is 0 Å². The Labute approximate surface area is 130 Å². The van der Waals surface area contributed by atoms with Crippen molar-refractivity contribution < 1.29 is 17.9 Å². The van der Waals surface area contributed by atoms with Crippen LogP contribution in [-0.4, -0.2) is 34.1 Å². The molecule has 1 fully saturated rings. The zero-order chi connectivity index (χ0) is 14.8. The van der Waals surface area contributed by atoms with Crippen molar-refractivity contribution in [1.29, 1.82) is 0 Å². The van der Waals surface area contributed by atoms with E-state index in [0.29, 0.717) is 5.92 Å². The summed E-state index contributed by atoms with van der Waals surface area (Å²) >= 11 is 0. The van der Waals surface area contributed by atoms with Gasteiger partial charge in [0, 0.05) is 12.6 Å². The summed E-state index contributed by atoms with van der Waals surface area (Å²) in [5.41, 5.74) is 6.06. The lowest BCUT2D eigenvalue weighted by Gasteiger charge is -2.12. The first-order valence-corrected chi connectivity index (χ1v) is 7.86. The second-order valence-corrected chi connectivity index (χ2v) is 6.64. The Morgan fingerprint density at radius 1 is 1.48 bits per heavy atom. The summed E-state index contributed by atoms with van der Waals surface area (Å²) in [6.07, 6.45) is 2.11. The quantitative estimate of drug-likeness (QED) is 0.753. The number of nitrogens with two attached hydrogens (primary N) is 1. The molecule has 0 amide bonds. The monoisotopic (exact) mass is 334 g/mol. The van der Waals surface area contributed by atoms with Gasteiger partial charge in [-0.2, -0.15) is 0 Å². The van der Waals surface area contributed by atoms with Crippen LogP contribution in [0.4, 0.5) is 0 Å². The van der Waals surface area contributed by atoms with Gasteiger partial charge in [-0.25, -0.2) is 17.9 Å². The van der Waals surface area contributed by atoms with Crippen molar-refractivity contribution in [3.63, 3.8) is 0 Å². The molecule has 1 unspecified atom stereocenters. The van der Waals surface area contributed by atoms with Crippen molar-refractivity contribution >= 4 is 28.4 Å². The molecule has 0 saturated heterocycles. The summed E-state index contributed by atoms with van der Waals surface area (Å²) in [6.45, 7) is 0.204. The van der Waals surface area contributed by atoms with E-state index in [0.717, 1.165) is 12.8 Å². The van der Waals surface area contributed by atoms with Gasteiger partial charge in [-0.15, -0.1) is 12.4 Å². The molecular weight excluding hydrogens is 316 g/mol. The topological polar surface area (TPSA) is 98.5 Å². The van der Waals surface area contributed by atoms with Crippen LogP contribution in [0.3, 0.4) is 0 Å². The molecule has 21 heavy (non-hydrogen) atoms. The van der Waals surface area contributed by atoms with Crippen LogP contribution in [0.15, 0.2) is 29.2 Å². The number of carbonyl (C=O) groups is 1. The van der Waals surface area contributed by atoms with Gasteiger partial charge in [0.1, 0.15) is 0 Å². The highest BCUT2D eigenvalue weighted by atomic mass is 35.5. The van der Waals surface area contributed by atoms with E-state index in [2.05, 4.69) is 9.46 Å². The van der Waals surface area contributed by atoms with E-state index in [1.165, 1.54) is 31.4 Å². The van der Waals surface area contributed by atoms with E-state index < -0.39 is 16.0 Å². The highest BCUT2D eigenvalue weighted by Gasteiger charge is 2.29. The zero-order valence-corrected chi connectivity index (χ0v) is 13.2. The van der Waals surface area contributed by atoms with Gasteiger partial charge >= 0.3 is 5.97 Å². The molecule has 1 aliphatic rings. The lowest BCUT2D eigenvalue weighted by Crippen LogP contribution is -2.38. The van der Waals surface area contributed by atoms with Crippen molar-refractivity contribution in [3.05, 3.63) is 29.8 Å². The van der Waals surface area contributed by atoms with Gasteiger partial charge in [0.25, 0.3) is 0 Å². The third-order valence-electron chi connectivity index (χ3n) is 3.30. The number of nitrogens with one attached hydrogen (secondary N) is 1. The van der Waals surface area contributed by atoms with Crippen LogP contribution in [0.25, 0.3) is 0 Å². The minimum atomic E-state index is -3.66. The molecule has 0 radical (unpaired) electrons. The molecule has 0 spiro atoms. The molecule has 8 heteroatoms. The largest absolute Gasteiger partial charge is 0.465 e. The first kappa shape index (κ1) is 17.9. The van der Waals surface area contributed by atoms with Crippen LogP contribution in [0.2, 0.25) is 0 Å². The fourth-order valence-electron chi connectivity index (χ4n) is 1.89. The molecule has 0 bridgehead atoms. The number of ether oxygens (including phenoxy) is 1. The smallest absolute Gasteiger partial charge is 0.337 e. The van der Waals surface area contributed by atoms with E-state index in [1.54, 1.807) is 0 Å². The van der Waals surface area contributed by atoms with E-state index in [4.69, 9.17) is 5.73 Å². The number of methoxy groups -OCH3 is 1. The molecule has 3 N–H and O–H groups in total. The average Bonchev–Trinajstić information content (AvgIpc) is 3.28.